The molecule has 1 aromatic rings. The van der Waals surface area contributed by atoms with Crippen molar-refractivity contribution in [1.29, 1.82) is 0 Å². The molecule has 2 rings (SSSR count). The van der Waals surface area contributed by atoms with Crippen molar-refractivity contribution in [3.05, 3.63) is 23.6 Å². The Kier molecular flexibility index (Phi) is 5.91. The highest BCUT2D eigenvalue weighted by atomic mass is 19.1. The maximum atomic E-state index is 13.6. The van der Waals surface area contributed by atoms with Crippen LogP contribution in [0.1, 0.15) is 43.6 Å². The first-order valence-electron chi connectivity index (χ1n) is 5.95. The number of pyridine rings is 1. The number of aromatic nitrogens is 1. The number of rotatable bonds is 2. The van der Waals surface area contributed by atoms with Crippen LogP contribution in [-0.2, 0) is 0 Å². The van der Waals surface area contributed by atoms with Crippen molar-refractivity contribution >= 4 is 0 Å². The van der Waals surface area contributed by atoms with Gasteiger partial charge in [-0.15, -0.1) is 0 Å². The first-order valence-corrected chi connectivity index (χ1v) is 5.95. The van der Waals surface area contributed by atoms with E-state index in [2.05, 4.69) is 4.98 Å². The van der Waals surface area contributed by atoms with Gasteiger partial charge in [0.05, 0.1) is 13.3 Å². The summed E-state index contributed by atoms with van der Waals surface area (Å²) in [6.07, 6.45) is 7.13. The molecule has 1 N–H and O–H groups in total. The van der Waals surface area contributed by atoms with E-state index in [0.29, 0.717) is 11.8 Å². The zero-order valence-corrected chi connectivity index (χ0v) is 10.4. The Morgan fingerprint density at radius 2 is 1.94 bits per heavy atom. The third kappa shape index (κ3) is 3.66. The first-order chi connectivity index (χ1) is 8.31. The number of aliphatic hydroxyl groups is 1. The molecule has 1 aromatic heterocycles. The van der Waals surface area contributed by atoms with Crippen molar-refractivity contribution < 1.29 is 14.2 Å². The van der Waals surface area contributed by atoms with E-state index in [0.717, 1.165) is 25.5 Å². The molecule has 0 aliphatic heterocycles. The number of aliphatic hydroxyl groups excluding tert-OH is 1. The molecule has 0 aromatic carbocycles. The Morgan fingerprint density at radius 1 is 1.29 bits per heavy atom. The van der Waals surface area contributed by atoms with Crippen LogP contribution in [0.3, 0.4) is 0 Å². The van der Waals surface area contributed by atoms with E-state index in [1.807, 2.05) is 0 Å². The van der Waals surface area contributed by atoms with E-state index in [1.54, 1.807) is 13.2 Å². The minimum absolute atomic E-state index is 0.192. The summed E-state index contributed by atoms with van der Waals surface area (Å²) in [4.78, 5) is 3.86. The third-order valence-corrected chi connectivity index (χ3v) is 3.11. The van der Waals surface area contributed by atoms with E-state index in [4.69, 9.17) is 9.84 Å². The molecular weight excluding hydrogens is 221 g/mol. The fourth-order valence-corrected chi connectivity index (χ4v) is 2.27. The molecule has 1 aliphatic rings. The minimum Gasteiger partial charge on any atom is -0.481 e. The molecule has 0 unspecified atom stereocenters. The average molecular weight is 241 g/mol. The molecule has 3 nitrogen and oxygen atoms in total. The van der Waals surface area contributed by atoms with Crippen LogP contribution in [-0.4, -0.2) is 24.3 Å². The molecule has 96 valence electrons. The topological polar surface area (TPSA) is 42.4 Å². The highest BCUT2D eigenvalue weighted by Gasteiger charge is 2.19. The van der Waals surface area contributed by atoms with Gasteiger partial charge in [-0.05, 0) is 24.3 Å². The van der Waals surface area contributed by atoms with Gasteiger partial charge in [-0.25, -0.2) is 9.37 Å². The number of methoxy groups -OCH3 is 1. The summed E-state index contributed by atoms with van der Waals surface area (Å²) in [6, 6.07) is 1.74. The molecule has 1 heterocycles. The number of nitrogens with zero attached hydrogens (tertiary/aromatic N) is 1. The second kappa shape index (κ2) is 7.22. The molecule has 0 atom stereocenters. The van der Waals surface area contributed by atoms with Crippen LogP contribution >= 0.6 is 0 Å². The van der Waals surface area contributed by atoms with E-state index >= 15 is 0 Å². The zero-order valence-electron chi connectivity index (χ0n) is 10.4. The summed E-state index contributed by atoms with van der Waals surface area (Å²) < 4.78 is 18.6. The van der Waals surface area contributed by atoms with Gasteiger partial charge >= 0.3 is 0 Å². The molecule has 1 aliphatic carbocycles. The lowest BCUT2D eigenvalue weighted by Gasteiger charge is -2.22. The van der Waals surface area contributed by atoms with E-state index < -0.39 is 0 Å². The van der Waals surface area contributed by atoms with E-state index in [-0.39, 0.29) is 5.82 Å². The lowest BCUT2D eigenvalue weighted by atomic mass is 9.84. The maximum absolute atomic E-state index is 13.6. The van der Waals surface area contributed by atoms with Crippen LogP contribution in [0, 0.1) is 5.82 Å². The van der Waals surface area contributed by atoms with Crippen molar-refractivity contribution in [3.63, 3.8) is 0 Å². The number of ether oxygens (including phenoxy) is 1. The summed E-state index contributed by atoms with van der Waals surface area (Å²) in [7, 11) is 2.56. The Labute approximate surface area is 102 Å². The minimum atomic E-state index is -0.192. The van der Waals surface area contributed by atoms with Crippen LogP contribution in [0.5, 0.6) is 5.88 Å². The van der Waals surface area contributed by atoms with Gasteiger partial charge in [0.2, 0.25) is 5.88 Å². The Hall–Kier alpha value is -1.16. The zero-order chi connectivity index (χ0) is 12.7. The molecule has 0 amide bonds. The molecule has 1 fully saturated rings. The van der Waals surface area contributed by atoms with Crippen molar-refractivity contribution in [2.45, 2.75) is 38.0 Å². The highest BCUT2D eigenvalue weighted by molar-refractivity contribution is 5.26. The third-order valence-electron chi connectivity index (χ3n) is 3.11. The summed E-state index contributed by atoms with van der Waals surface area (Å²) in [6.45, 7) is 0. The molecule has 0 saturated heterocycles. The van der Waals surface area contributed by atoms with Crippen LogP contribution in [0.25, 0.3) is 0 Å². The van der Waals surface area contributed by atoms with Crippen LogP contribution in [0.4, 0.5) is 4.39 Å². The van der Waals surface area contributed by atoms with Gasteiger partial charge in [-0.2, -0.15) is 0 Å². The van der Waals surface area contributed by atoms with Gasteiger partial charge in [0.1, 0.15) is 5.82 Å². The van der Waals surface area contributed by atoms with E-state index in [9.17, 15) is 4.39 Å². The monoisotopic (exact) mass is 241 g/mol. The summed E-state index contributed by atoms with van der Waals surface area (Å²) in [5, 5.41) is 7.00. The van der Waals surface area contributed by atoms with Crippen molar-refractivity contribution in [1.82, 2.24) is 4.98 Å². The molecule has 0 spiro atoms. The molecule has 4 heteroatoms. The van der Waals surface area contributed by atoms with Crippen LogP contribution in [0.2, 0.25) is 0 Å². The standard InChI is InChI=1S/C12H16FNO.CH4O/c1-15-12-7-10(11(13)8-14-12)9-5-3-2-4-6-9;1-2/h7-9H,2-6H2,1H3;2H,1H3. The largest absolute Gasteiger partial charge is 0.481 e. The van der Waals surface area contributed by atoms with Gasteiger partial charge in [-0.3, -0.25) is 0 Å². The molecule has 1 saturated carbocycles. The second-order valence-electron chi connectivity index (χ2n) is 4.08. The van der Waals surface area contributed by atoms with Gasteiger partial charge < -0.3 is 9.84 Å². The maximum Gasteiger partial charge on any atom is 0.213 e. The molecular formula is C13H20FNO2. The van der Waals surface area contributed by atoms with E-state index in [1.165, 1.54) is 25.5 Å². The Balaban J connectivity index is 0.000000686. The van der Waals surface area contributed by atoms with Gasteiger partial charge in [-0.1, -0.05) is 19.3 Å². The fraction of sp³-hybridized carbons (Fsp3) is 0.615. The van der Waals surface area contributed by atoms with Crippen LogP contribution in [0.15, 0.2) is 12.3 Å². The Bertz CT molecular complexity index is 338. The highest BCUT2D eigenvalue weighted by Crippen LogP contribution is 2.34. The quantitative estimate of drug-likeness (QED) is 0.865. The smallest absolute Gasteiger partial charge is 0.213 e. The SMILES string of the molecule is CO.COc1cc(C2CCCCC2)c(F)cn1. The van der Waals surface area contributed by atoms with Gasteiger partial charge in [0.15, 0.2) is 0 Å². The van der Waals surface area contributed by atoms with Crippen molar-refractivity contribution in [2.75, 3.05) is 14.2 Å². The molecule has 17 heavy (non-hydrogen) atoms. The number of halogens is 1. The normalized spacial score (nSPS) is 16.0. The first kappa shape index (κ1) is 13.9. The predicted octanol–water partition coefficient (Wildman–Crippen LogP) is 2.89. The van der Waals surface area contributed by atoms with Gasteiger partial charge in [0, 0.05) is 13.2 Å². The summed E-state index contributed by atoms with van der Waals surface area (Å²) in [5.41, 5.74) is 0.779. The second-order valence-corrected chi connectivity index (χ2v) is 4.08. The van der Waals surface area contributed by atoms with Crippen LogP contribution < -0.4 is 4.74 Å². The fourth-order valence-electron chi connectivity index (χ4n) is 2.27. The Morgan fingerprint density at radius 3 is 2.53 bits per heavy atom. The summed E-state index contributed by atoms with van der Waals surface area (Å²) >= 11 is 0. The average Bonchev–Trinajstić information content (AvgIpc) is 2.42. The summed E-state index contributed by atoms with van der Waals surface area (Å²) in [5.74, 6) is 0.676. The lowest BCUT2D eigenvalue weighted by molar-refractivity contribution is 0.387. The molecule has 0 radical (unpaired) electrons. The molecule has 0 bridgehead atoms. The number of hydrogen-bond acceptors (Lipinski definition) is 3. The number of hydrogen-bond donors (Lipinski definition) is 1. The van der Waals surface area contributed by atoms with Crippen molar-refractivity contribution in [2.24, 2.45) is 0 Å². The predicted molar refractivity (Wildman–Crippen MR) is 64.7 cm³/mol. The van der Waals surface area contributed by atoms with Gasteiger partial charge in [0.25, 0.3) is 0 Å². The van der Waals surface area contributed by atoms with Crippen molar-refractivity contribution in [3.8, 4) is 5.88 Å². The lowest BCUT2D eigenvalue weighted by Crippen LogP contribution is -2.07.